The van der Waals surface area contributed by atoms with E-state index in [4.69, 9.17) is 10.5 Å². The van der Waals surface area contributed by atoms with E-state index in [1.807, 2.05) is 12.1 Å². The summed E-state index contributed by atoms with van der Waals surface area (Å²) in [6.07, 6.45) is 1.01. The number of nitrogens with two attached hydrogens (primary N) is 1. The fourth-order valence-electron chi connectivity index (χ4n) is 1.80. The van der Waals surface area contributed by atoms with E-state index in [0.29, 0.717) is 12.5 Å². The highest BCUT2D eigenvalue weighted by Crippen LogP contribution is 2.15. The molecule has 0 saturated heterocycles. The topological polar surface area (TPSA) is 47.3 Å². The first-order chi connectivity index (χ1) is 8.51. The van der Waals surface area contributed by atoms with Crippen molar-refractivity contribution in [1.82, 2.24) is 5.32 Å². The van der Waals surface area contributed by atoms with Crippen molar-refractivity contribution in [3.05, 3.63) is 29.8 Å². The van der Waals surface area contributed by atoms with E-state index in [9.17, 15) is 0 Å². The lowest BCUT2D eigenvalue weighted by molar-refractivity contribution is 0.271. The minimum absolute atomic E-state index is 0. The number of benzene rings is 1. The quantitative estimate of drug-likeness (QED) is 0.810. The average Bonchev–Trinajstić information content (AvgIpc) is 2.39. The van der Waals surface area contributed by atoms with E-state index in [2.05, 4.69) is 38.2 Å². The summed E-state index contributed by atoms with van der Waals surface area (Å²) in [5, 5.41) is 3.57. The molecule has 0 bridgehead atoms. The van der Waals surface area contributed by atoms with Crippen LogP contribution >= 0.6 is 12.4 Å². The van der Waals surface area contributed by atoms with Crippen LogP contribution in [0.2, 0.25) is 0 Å². The van der Waals surface area contributed by atoms with Crippen molar-refractivity contribution in [2.24, 2.45) is 11.7 Å². The van der Waals surface area contributed by atoms with E-state index in [1.165, 1.54) is 5.56 Å². The predicted molar refractivity (Wildman–Crippen MR) is 84.2 cm³/mol. The van der Waals surface area contributed by atoms with Crippen molar-refractivity contribution in [2.75, 3.05) is 20.2 Å². The van der Waals surface area contributed by atoms with Crippen LogP contribution in [0.4, 0.5) is 0 Å². The number of methoxy groups -OCH3 is 1. The van der Waals surface area contributed by atoms with Gasteiger partial charge in [0.1, 0.15) is 5.75 Å². The molecule has 19 heavy (non-hydrogen) atoms. The lowest BCUT2D eigenvalue weighted by Crippen LogP contribution is -2.53. The fraction of sp³-hybridized carbons (Fsp3) is 0.600. The maximum Gasteiger partial charge on any atom is 0.118 e. The van der Waals surface area contributed by atoms with E-state index in [0.717, 1.165) is 18.7 Å². The Hall–Kier alpha value is -0.770. The molecule has 0 aromatic heterocycles. The van der Waals surface area contributed by atoms with Gasteiger partial charge >= 0.3 is 0 Å². The van der Waals surface area contributed by atoms with Crippen LogP contribution < -0.4 is 15.8 Å². The third-order valence-corrected chi connectivity index (χ3v) is 3.80. The minimum atomic E-state index is 0. The molecule has 0 aliphatic rings. The molecule has 1 rings (SSSR count). The molecular weight excluding hydrogens is 260 g/mol. The highest BCUT2D eigenvalue weighted by molar-refractivity contribution is 5.85. The summed E-state index contributed by atoms with van der Waals surface area (Å²) in [5.41, 5.74) is 7.18. The minimum Gasteiger partial charge on any atom is -0.497 e. The SMILES string of the molecule is COc1ccc(CCNC(C)(CN)C(C)C)cc1.Cl. The normalized spacial score (nSPS) is 13.8. The highest BCUT2D eigenvalue weighted by atomic mass is 35.5. The fourth-order valence-corrected chi connectivity index (χ4v) is 1.80. The molecule has 0 aliphatic carbocycles. The van der Waals surface area contributed by atoms with Crippen molar-refractivity contribution in [2.45, 2.75) is 32.7 Å². The van der Waals surface area contributed by atoms with Gasteiger partial charge in [0.25, 0.3) is 0 Å². The summed E-state index contributed by atoms with van der Waals surface area (Å²) >= 11 is 0. The smallest absolute Gasteiger partial charge is 0.118 e. The van der Waals surface area contributed by atoms with Crippen LogP contribution in [0.1, 0.15) is 26.3 Å². The lowest BCUT2D eigenvalue weighted by atomic mass is 9.88. The molecule has 1 unspecified atom stereocenters. The molecule has 1 aromatic rings. The molecule has 0 saturated carbocycles. The van der Waals surface area contributed by atoms with E-state index in [-0.39, 0.29) is 17.9 Å². The van der Waals surface area contributed by atoms with Gasteiger partial charge in [-0.05, 0) is 43.5 Å². The van der Waals surface area contributed by atoms with Crippen molar-refractivity contribution in [3.63, 3.8) is 0 Å². The van der Waals surface area contributed by atoms with Crippen LogP contribution in [0.3, 0.4) is 0 Å². The standard InChI is InChI=1S/C15H26N2O.ClH/c1-12(2)15(3,11-16)17-10-9-13-5-7-14(18-4)8-6-13;/h5-8,12,17H,9-11,16H2,1-4H3;1H. The van der Waals surface area contributed by atoms with Gasteiger partial charge in [-0.25, -0.2) is 0 Å². The Morgan fingerprint density at radius 2 is 1.84 bits per heavy atom. The van der Waals surface area contributed by atoms with Crippen LogP contribution in [-0.2, 0) is 6.42 Å². The highest BCUT2D eigenvalue weighted by Gasteiger charge is 2.25. The lowest BCUT2D eigenvalue weighted by Gasteiger charge is -2.33. The summed E-state index contributed by atoms with van der Waals surface area (Å²) in [5.74, 6) is 1.43. The van der Waals surface area contributed by atoms with Gasteiger partial charge in [-0.1, -0.05) is 26.0 Å². The van der Waals surface area contributed by atoms with Crippen molar-refractivity contribution in [1.29, 1.82) is 0 Å². The van der Waals surface area contributed by atoms with Gasteiger partial charge in [0.2, 0.25) is 0 Å². The molecule has 0 spiro atoms. The third kappa shape index (κ3) is 5.39. The Labute approximate surface area is 123 Å². The first kappa shape index (κ1) is 18.2. The van der Waals surface area contributed by atoms with Gasteiger partial charge in [0.15, 0.2) is 0 Å². The van der Waals surface area contributed by atoms with Gasteiger partial charge in [0, 0.05) is 12.1 Å². The average molecular weight is 287 g/mol. The Morgan fingerprint density at radius 3 is 2.26 bits per heavy atom. The maximum atomic E-state index is 5.85. The first-order valence-corrected chi connectivity index (χ1v) is 6.60. The molecule has 3 nitrogen and oxygen atoms in total. The molecule has 1 atom stereocenters. The summed E-state index contributed by atoms with van der Waals surface area (Å²) < 4.78 is 5.14. The Morgan fingerprint density at radius 1 is 1.26 bits per heavy atom. The molecule has 0 amide bonds. The third-order valence-electron chi connectivity index (χ3n) is 3.80. The van der Waals surface area contributed by atoms with Crippen molar-refractivity contribution >= 4 is 12.4 Å². The monoisotopic (exact) mass is 286 g/mol. The molecule has 3 N–H and O–H groups in total. The molecule has 1 aromatic carbocycles. The molecule has 110 valence electrons. The first-order valence-electron chi connectivity index (χ1n) is 6.60. The zero-order valence-electron chi connectivity index (χ0n) is 12.4. The summed E-state index contributed by atoms with van der Waals surface area (Å²) in [6, 6.07) is 8.21. The molecule has 0 aliphatic heterocycles. The molecular formula is C15H27ClN2O. The molecule has 0 radical (unpaired) electrons. The molecule has 4 heteroatoms. The largest absolute Gasteiger partial charge is 0.497 e. The van der Waals surface area contributed by atoms with E-state index in [1.54, 1.807) is 7.11 Å². The number of hydrogen-bond donors (Lipinski definition) is 2. The zero-order chi connectivity index (χ0) is 13.6. The summed E-state index contributed by atoms with van der Waals surface area (Å²) in [6.45, 7) is 8.19. The summed E-state index contributed by atoms with van der Waals surface area (Å²) in [4.78, 5) is 0. The van der Waals surface area contributed by atoms with Gasteiger partial charge in [-0.2, -0.15) is 0 Å². The second-order valence-electron chi connectivity index (χ2n) is 5.30. The Bertz CT molecular complexity index is 354. The van der Waals surface area contributed by atoms with E-state index < -0.39 is 0 Å². The van der Waals surface area contributed by atoms with Crippen LogP contribution in [0, 0.1) is 5.92 Å². The number of ether oxygens (including phenoxy) is 1. The van der Waals surface area contributed by atoms with Crippen molar-refractivity contribution in [3.8, 4) is 5.75 Å². The molecule has 0 heterocycles. The number of nitrogens with one attached hydrogen (secondary N) is 1. The second kappa shape index (κ2) is 8.41. The predicted octanol–water partition coefficient (Wildman–Crippen LogP) is 2.62. The Balaban J connectivity index is 0.00000324. The zero-order valence-corrected chi connectivity index (χ0v) is 13.2. The maximum absolute atomic E-state index is 5.85. The molecule has 0 fully saturated rings. The Kier molecular flexibility index (Phi) is 8.07. The summed E-state index contributed by atoms with van der Waals surface area (Å²) in [7, 11) is 1.69. The van der Waals surface area contributed by atoms with Crippen molar-refractivity contribution < 1.29 is 4.74 Å². The van der Waals surface area contributed by atoms with Crippen LogP contribution in [-0.4, -0.2) is 25.7 Å². The van der Waals surface area contributed by atoms with Crippen LogP contribution in [0.15, 0.2) is 24.3 Å². The van der Waals surface area contributed by atoms with E-state index >= 15 is 0 Å². The van der Waals surface area contributed by atoms with Gasteiger partial charge < -0.3 is 15.8 Å². The van der Waals surface area contributed by atoms with Crippen LogP contribution in [0.5, 0.6) is 5.75 Å². The van der Waals surface area contributed by atoms with Gasteiger partial charge in [-0.3, -0.25) is 0 Å². The van der Waals surface area contributed by atoms with Crippen LogP contribution in [0.25, 0.3) is 0 Å². The number of halogens is 1. The van der Waals surface area contributed by atoms with Gasteiger partial charge in [0.05, 0.1) is 7.11 Å². The van der Waals surface area contributed by atoms with Gasteiger partial charge in [-0.15, -0.1) is 12.4 Å². The number of rotatable bonds is 7. The second-order valence-corrected chi connectivity index (χ2v) is 5.30. The number of hydrogen-bond acceptors (Lipinski definition) is 3.